The van der Waals surface area contributed by atoms with Crippen LogP contribution in [-0.4, -0.2) is 45.1 Å². The second kappa shape index (κ2) is 6.91. The molecule has 1 atom stereocenters. The quantitative estimate of drug-likeness (QED) is 0.846. The van der Waals surface area contributed by atoms with Crippen LogP contribution in [-0.2, 0) is 14.8 Å². The van der Waals surface area contributed by atoms with E-state index in [2.05, 4.69) is 6.92 Å². The van der Waals surface area contributed by atoms with Gasteiger partial charge in [-0.1, -0.05) is 25.1 Å². The van der Waals surface area contributed by atoms with Gasteiger partial charge in [0, 0.05) is 13.1 Å². The molecule has 1 heterocycles. The van der Waals surface area contributed by atoms with E-state index < -0.39 is 10.0 Å². The highest BCUT2D eigenvalue weighted by Crippen LogP contribution is 2.27. The summed E-state index contributed by atoms with van der Waals surface area (Å²) in [6, 6.07) is 5.63. The molecule has 1 aromatic carbocycles. The Balaban J connectivity index is 2.29. The van der Waals surface area contributed by atoms with E-state index in [1.165, 1.54) is 4.31 Å². The smallest absolute Gasteiger partial charge is 0.243 e. The fourth-order valence-electron chi connectivity index (χ4n) is 3.20. The summed E-state index contributed by atoms with van der Waals surface area (Å²) in [6.45, 7) is 7.16. The molecule has 1 fully saturated rings. The number of likely N-dealkylation sites (tertiary alicyclic amines) is 1. The Morgan fingerprint density at radius 3 is 2.43 bits per heavy atom. The predicted molar refractivity (Wildman–Crippen MR) is 93.1 cm³/mol. The van der Waals surface area contributed by atoms with Crippen LogP contribution in [0.2, 0.25) is 0 Å². The minimum Gasteiger partial charge on any atom is -0.341 e. The first-order valence-electron chi connectivity index (χ1n) is 8.02. The fourth-order valence-corrected chi connectivity index (χ4v) is 4.16. The first-order chi connectivity index (χ1) is 10.7. The normalized spacial score (nSPS) is 18.8. The van der Waals surface area contributed by atoms with E-state index >= 15 is 0 Å². The number of sulfonamides is 1. The lowest BCUT2D eigenvalue weighted by molar-refractivity contribution is -0.131. The summed E-state index contributed by atoms with van der Waals surface area (Å²) in [5, 5.41) is 0. The highest BCUT2D eigenvalue weighted by Gasteiger charge is 2.28. The largest absolute Gasteiger partial charge is 0.341 e. The highest BCUT2D eigenvalue weighted by atomic mass is 32.2. The molecular weight excluding hydrogens is 312 g/mol. The summed E-state index contributed by atoms with van der Waals surface area (Å²) >= 11 is 0. The number of rotatable bonds is 4. The molecule has 128 valence electrons. The van der Waals surface area contributed by atoms with Crippen molar-refractivity contribution in [2.45, 2.75) is 33.6 Å². The van der Waals surface area contributed by atoms with Crippen LogP contribution in [0, 0.1) is 19.8 Å². The average molecular weight is 338 g/mol. The number of anilines is 1. The van der Waals surface area contributed by atoms with Crippen LogP contribution in [0.1, 0.15) is 30.9 Å². The number of hydrogen-bond donors (Lipinski definition) is 0. The first kappa shape index (κ1) is 17.8. The number of hydrogen-bond acceptors (Lipinski definition) is 3. The first-order valence-corrected chi connectivity index (χ1v) is 9.86. The van der Waals surface area contributed by atoms with Crippen LogP contribution in [0.25, 0.3) is 0 Å². The number of nitrogens with zero attached hydrogens (tertiary/aromatic N) is 2. The van der Waals surface area contributed by atoms with E-state index in [1.54, 1.807) is 4.90 Å². The molecule has 1 aliphatic heterocycles. The van der Waals surface area contributed by atoms with Gasteiger partial charge in [-0.05, 0) is 43.7 Å². The van der Waals surface area contributed by atoms with Crippen molar-refractivity contribution in [3.05, 3.63) is 29.3 Å². The Morgan fingerprint density at radius 2 is 1.91 bits per heavy atom. The Bertz CT molecular complexity index is 665. The molecular formula is C17H26N2O3S. The lowest BCUT2D eigenvalue weighted by atomic mass is 10.0. The molecule has 0 aliphatic carbocycles. The number of carbonyl (C=O) groups is 1. The van der Waals surface area contributed by atoms with Crippen molar-refractivity contribution in [2.75, 3.05) is 30.2 Å². The Hall–Kier alpha value is -1.56. The molecule has 2 rings (SSSR count). The standard InChI is InChI=1S/C17H26N2O3S/c1-13-7-6-10-18(11-13)16(20)12-19(23(4,21)22)17-14(2)8-5-9-15(17)3/h5,8-9,13H,6-7,10-12H2,1-4H3. The topological polar surface area (TPSA) is 57.7 Å². The SMILES string of the molecule is Cc1cccc(C)c1N(CC(=O)N1CCCC(C)C1)S(C)(=O)=O. The molecule has 0 radical (unpaired) electrons. The molecule has 6 heteroatoms. The van der Waals surface area contributed by atoms with Gasteiger partial charge in [-0.2, -0.15) is 0 Å². The average Bonchev–Trinajstić information content (AvgIpc) is 2.44. The molecule has 0 aromatic heterocycles. The van der Waals surface area contributed by atoms with Gasteiger partial charge in [0.2, 0.25) is 15.9 Å². The molecule has 1 aromatic rings. The van der Waals surface area contributed by atoms with Crippen molar-refractivity contribution in [3.8, 4) is 0 Å². The monoisotopic (exact) mass is 338 g/mol. The number of aryl methyl sites for hydroxylation is 2. The second-order valence-corrected chi connectivity index (χ2v) is 8.50. The molecule has 23 heavy (non-hydrogen) atoms. The zero-order valence-corrected chi connectivity index (χ0v) is 15.2. The molecule has 1 unspecified atom stereocenters. The van der Waals surface area contributed by atoms with Gasteiger partial charge >= 0.3 is 0 Å². The lowest BCUT2D eigenvalue weighted by Crippen LogP contribution is -2.46. The van der Waals surface area contributed by atoms with Crippen molar-refractivity contribution in [1.82, 2.24) is 4.90 Å². The van der Waals surface area contributed by atoms with Crippen molar-refractivity contribution < 1.29 is 13.2 Å². The van der Waals surface area contributed by atoms with E-state index in [1.807, 2.05) is 32.0 Å². The van der Waals surface area contributed by atoms with E-state index in [4.69, 9.17) is 0 Å². The molecule has 1 aliphatic rings. The minimum atomic E-state index is -3.52. The van der Waals surface area contributed by atoms with Crippen LogP contribution >= 0.6 is 0 Å². The number of amides is 1. The number of piperidine rings is 1. The lowest BCUT2D eigenvalue weighted by Gasteiger charge is -2.33. The Labute approximate surface area is 139 Å². The zero-order chi connectivity index (χ0) is 17.2. The molecule has 0 N–H and O–H groups in total. The third-order valence-electron chi connectivity index (χ3n) is 4.38. The number of carbonyl (C=O) groups excluding carboxylic acids is 1. The van der Waals surface area contributed by atoms with E-state index in [0.29, 0.717) is 24.7 Å². The summed E-state index contributed by atoms with van der Waals surface area (Å²) in [5.41, 5.74) is 2.33. The van der Waals surface area contributed by atoms with Crippen molar-refractivity contribution in [3.63, 3.8) is 0 Å². The van der Waals surface area contributed by atoms with Gasteiger partial charge < -0.3 is 4.90 Å². The molecule has 0 spiro atoms. The number of benzene rings is 1. The van der Waals surface area contributed by atoms with Crippen molar-refractivity contribution >= 4 is 21.6 Å². The molecule has 0 bridgehead atoms. The molecule has 1 saturated heterocycles. The maximum Gasteiger partial charge on any atom is 0.243 e. The zero-order valence-electron chi connectivity index (χ0n) is 14.4. The summed E-state index contributed by atoms with van der Waals surface area (Å²) in [5.74, 6) is 0.351. The molecule has 1 amide bonds. The van der Waals surface area contributed by atoms with Crippen LogP contribution in [0.4, 0.5) is 5.69 Å². The summed E-state index contributed by atoms with van der Waals surface area (Å²) in [7, 11) is -3.52. The van der Waals surface area contributed by atoms with Crippen molar-refractivity contribution in [1.29, 1.82) is 0 Å². The summed E-state index contributed by atoms with van der Waals surface area (Å²) in [6.07, 6.45) is 3.26. The maximum absolute atomic E-state index is 12.6. The minimum absolute atomic E-state index is 0.121. The summed E-state index contributed by atoms with van der Waals surface area (Å²) in [4.78, 5) is 14.4. The van der Waals surface area contributed by atoms with Gasteiger partial charge in [0.05, 0.1) is 11.9 Å². The van der Waals surface area contributed by atoms with Crippen molar-refractivity contribution in [2.24, 2.45) is 5.92 Å². The van der Waals surface area contributed by atoms with E-state index in [9.17, 15) is 13.2 Å². The second-order valence-electron chi connectivity index (χ2n) is 6.60. The Kier molecular flexibility index (Phi) is 5.34. The van der Waals surface area contributed by atoms with Gasteiger partial charge in [0.1, 0.15) is 6.54 Å². The molecule has 0 saturated carbocycles. The third kappa shape index (κ3) is 4.25. The van der Waals surface area contributed by atoms with E-state index in [0.717, 1.165) is 30.2 Å². The third-order valence-corrected chi connectivity index (χ3v) is 5.49. The number of para-hydroxylation sites is 1. The fraction of sp³-hybridized carbons (Fsp3) is 0.588. The van der Waals surface area contributed by atoms with Crippen LogP contribution in [0.3, 0.4) is 0 Å². The van der Waals surface area contributed by atoms with E-state index in [-0.39, 0.29) is 12.5 Å². The predicted octanol–water partition coefficient (Wildman–Crippen LogP) is 2.33. The maximum atomic E-state index is 12.6. The van der Waals surface area contributed by atoms with Crippen LogP contribution < -0.4 is 4.31 Å². The van der Waals surface area contributed by atoms with Gasteiger partial charge in [-0.25, -0.2) is 8.42 Å². The van der Waals surface area contributed by atoms with Crippen LogP contribution in [0.5, 0.6) is 0 Å². The Morgan fingerprint density at radius 1 is 1.30 bits per heavy atom. The van der Waals surface area contributed by atoms with Gasteiger partial charge in [0.15, 0.2) is 0 Å². The molecule has 5 nitrogen and oxygen atoms in total. The van der Waals surface area contributed by atoms with Crippen LogP contribution in [0.15, 0.2) is 18.2 Å². The van der Waals surface area contributed by atoms with Gasteiger partial charge in [0.25, 0.3) is 0 Å². The van der Waals surface area contributed by atoms with Gasteiger partial charge in [-0.15, -0.1) is 0 Å². The van der Waals surface area contributed by atoms with Gasteiger partial charge in [-0.3, -0.25) is 9.10 Å². The highest BCUT2D eigenvalue weighted by molar-refractivity contribution is 7.92. The summed E-state index contributed by atoms with van der Waals surface area (Å²) < 4.78 is 25.8.